The monoisotopic (exact) mass is 340 g/mol. The van der Waals surface area contributed by atoms with Gasteiger partial charge in [-0.3, -0.25) is 4.79 Å². The molecule has 0 spiro atoms. The third-order valence-corrected chi connectivity index (χ3v) is 3.92. The van der Waals surface area contributed by atoms with Gasteiger partial charge in [0.1, 0.15) is 0 Å². The zero-order chi connectivity index (χ0) is 17.1. The van der Waals surface area contributed by atoms with Gasteiger partial charge in [0.2, 0.25) is 0 Å². The van der Waals surface area contributed by atoms with Gasteiger partial charge in [-0.05, 0) is 19.1 Å². The maximum atomic E-state index is 12.3. The number of benzene rings is 1. The molecule has 24 heavy (non-hydrogen) atoms. The molecule has 1 amide bonds. The molecule has 2 heterocycles. The summed E-state index contributed by atoms with van der Waals surface area (Å²) in [5, 5.41) is 14.6. The van der Waals surface area contributed by atoms with Gasteiger partial charge < -0.3 is 10.4 Å². The minimum Gasteiger partial charge on any atom is -0.476 e. The van der Waals surface area contributed by atoms with Gasteiger partial charge >= 0.3 is 5.97 Å². The Bertz CT molecular complexity index is 923. The van der Waals surface area contributed by atoms with Crippen LogP contribution in [0.1, 0.15) is 26.0 Å². The number of hydrogen-bond acceptors (Lipinski definition) is 6. The van der Waals surface area contributed by atoms with E-state index in [4.69, 9.17) is 5.11 Å². The van der Waals surface area contributed by atoms with Gasteiger partial charge in [0.15, 0.2) is 11.4 Å². The minimum atomic E-state index is -1.31. The van der Waals surface area contributed by atoms with Gasteiger partial charge in [0.25, 0.3) is 5.91 Å². The van der Waals surface area contributed by atoms with Gasteiger partial charge in [-0.25, -0.2) is 19.7 Å². The Kier molecular flexibility index (Phi) is 4.30. The summed E-state index contributed by atoms with van der Waals surface area (Å²) in [6.07, 6.45) is 2.50. The van der Waals surface area contributed by atoms with Crippen LogP contribution in [-0.2, 0) is 0 Å². The SMILES string of the molecule is Cc1nc(-c2cccc(NC(=O)c3nccnc3C(=O)O)c2)cs1. The third-order valence-electron chi connectivity index (χ3n) is 3.15. The number of aromatic nitrogens is 3. The summed E-state index contributed by atoms with van der Waals surface area (Å²) in [5.74, 6) is -1.94. The lowest BCUT2D eigenvalue weighted by Gasteiger charge is -2.07. The molecule has 0 aliphatic rings. The summed E-state index contributed by atoms with van der Waals surface area (Å²) >= 11 is 1.54. The van der Waals surface area contributed by atoms with E-state index in [1.165, 1.54) is 23.7 Å². The lowest BCUT2D eigenvalue weighted by molar-refractivity contribution is 0.0685. The van der Waals surface area contributed by atoms with E-state index in [1.54, 1.807) is 18.2 Å². The molecule has 2 aromatic heterocycles. The summed E-state index contributed by atoms with van der Waals surface area (Å²) in [6, 6.07) is 7.14. The molecule has 0 radical (unpaired) electrons. The Hall–Kier alpha value is -3.13. The van der Waals surface area contributed by atoms with Crippen LogP contribution in [0, 0.1) is 6.92 Å². The minimum absolute atomic E-state index is 0.236. The zero-order valence-electron chi connectivity index (χ0n) is 12.6. The summed E-state index contributed by atoms with van der Waals surface area (Å²) in [4.78, 5) is 35.3. The molecule has 2 N–H and O–H groups in total. The molecule has 0 saturated heterocycles. The molecular weight excluding hydrogens is 328 g/mol. The van der Waals surface area contributed by atoms with Gasteiger partial charge in [0.05, 0.1) is 10.7 Å². The number of aromatic carboxylic acids is 1. The smallest absolute Gasteiger partial charge is 0.356 e. The fourth-order valence-corrected chi connectivity index (χ4v) is 2.73. The van der Waals surface area contributed by atoms with Gasteiger partial charge in [-0.15, -0.1) is 11.3 Å². The third kappa shape index (κ3) is 3.28. The lowest BCUT2D eigenvalue weighted by atomic mass is 10.1. The van der Waals surface area contributed by atoms with Crippen LogP contribution in [0.5, 0.6) is 0 Å². The van der Waals surface area contributed by atoms with Gasteiger partial charge in [-0.1, -0.05) is 12.1 Å². The molecule has 3 rings (SSSR count). The number of thiazole rings is 1. The summed E-state index contributed by atoms with van der Waals surface area (Å²) in [7, 11) is 0. The predicted molar refractivity (Wildman–Crippen MR) is 89.2 cm³/mol. The van der Waals surface area contributed by atoms with Crippen molar-refractivity contribution in [1.29, 1.82) is 0 Å². The van der Waals surface area contributed by atoms with E-state index in [0.717, 1.165) is 16.3 Å². The second-order valence-electron chi connectivity index (χ2n) is 4.85. The second-order valence-corrected chi connectivity index (χ2v) is 5.91. The number of rotatable bonds is 4. The molecule has 0 atom stereocenters. The van der Waals surface area contributed by atoms with Crippen molar-refractivity contribution in [1.82, 2.24) is 15.0 Å². The first kappa shape index (κ1) is 15.8. The number of hydrogen-bond donors (Lipinski definition) is 2. The Morgan fingerprint density at radius 2 is 1.92 bits per heavy atom. The van der Waals surface area contributed by atoms with Crippen molar-refractivity contribution in [2.45, 2.75) is 6.92 Å². The molecule has 0 fully saturated rings. The van der Waals surface area contributed by atoms with Crippen LogP contribution < -0.4 is 5.32 Å². The quantitative estimate of drug-likeness (QED) is 0.756. The first-order chi connectivity index (χ1) is 11.5. The molecule has 3 aromatic rings. The van der Waals surface area contributed by atoms with Crippen LogP contribution in [0.15, 0.2) is 42.0 Å². The molecule has 0 saturated carbocycles. The molecule has 0 unspecified atom stereocenters. The highest BCUT2D eigenvalue weighted by Gasteiger charge is 2.19. The number of carboxylic acids is 1. The van der Waals surface area contributed by atoms with Crippen LogP contribution in [-0.4, -0.2) is 31.9 Å². The van der Waals surface area contributed by atoms with Crippen LogP contribution >= 0.6 is 11.3 Å². The van der Waals surface area contributed by atoms with E-state index in [-0.39, 0.29) is 11.4 Å². The van der Waals surface area contributed by atoms with E-state index in [1.807, 2.05) is 18.4 Å². The topological polar surface area (TPSA) is 105 Å². The van der Waals surface area contributed by atoms with Crippen LogP contribution in [0.4, 0.5) is 5.69 Å². The van der Waals surface area contributed by atoms with E-state index < -0.39 is 11.9 Å². The van der Waals surface area contributed by atoms with Crippen molar-refractivity contribution >= 4 is 28.9 Å². The van der Waals surface area contributed by atoms with Crippen LogP contribution in [0.3, 0.4) is 0 Å². The number of carboxylic acid groups (broad SMARTS) is 1. The second kappa shape index (κ2) is 6.55. The van der Waals surface area contributed by atoms with Crippen molar-refractivity contribution in [3.05, 3.63) is 58.4 Å². The lowest BCUT2D eigenvalue weighted by Crippen LogP contribution is -2.19. The molecule has 0 aliphatic heterocycles. The maximum Gasteiger partial charge on any atom is 0.356 e. The summed E-state index contributed by atoms with van der Waals surface area (Å²) in [6.45, 7) is 1.92. The Balaban J connectivity index is 1.87. The molecule has 0 bridgehead atoms. The summed E-state index contributed by atoms with van der Waals surface area (Å²) < 4.78 is 0. The number of aryl methyl sites for hydroxylation is 1. The largest absolute Gasteiger partial charge is 0.476 e. The maximum absolute atomic E-state index is 12.3. The summed E-state index contributed by atoms with van der Waals surface area (Å²) in [5.41, 5.74) is 1.57. The average molecular weight is 340 g/mol. The number of carbonyl (C=O) groups is 2. The van der Waals surface area contributed by atoms with Crippen molar-refractivity contribution in [2.75, 3.05) is 5.32 Å². The normalized spacial score (nSPS) is 10.4. The fraction of sp³-hybridized carbons (Fsp3) is 0.0625. The molecule has 8 heteroatoms. The molecule has 120 valence electrons. The van der Waals surface area contributed by atoms with E-state index in [2.05, 4.69) is 20.3 Å². The van der Waals surface area contributed by atoms with Gasteiger partial charge in [-0.2, -0.15) is 0 Å². The number of amides is 1. The molecule has 1 aromatic carbocycles. The molecule has 7 nitrogen and oxygen atoms in total. The zero-order valence-corrected chi connectivity index (χ0v) is 13.4. The van der Waals surface area contributed by atoms with Crippen molar-refractivity contribution in [3.8, 4) is 11.3 Å². The first-order valence-corrected chi connectivity index (χ1v) is 7.81. The Morgan fingerprint density at radius 1 is 1.17 bits per heavy atom. The highest BCUT2D eigenvalue weighted by molar-refractivity contribution is 7.09. The number of nitrogens with zero attached hydrogens (tertiary/aromatic N) is 3. The van der Waals surface area contributed by atoms with Crippen molar-refractivity contribution in [3.63, 3.8) is 0 Å². The van der Waals surface area contributed by atoms with Crippen LogP contribution in [0.25, 0.3) is 11.3 Å². The average Bonchev–Trinajstić information content (AvgIpc) is 3.01. The fourth-order valence-electron chi connectivity index (χ4n) is 2.10. The number of nitrogens with one attached hydrogen (secondary N) is 1. The standard InChI is InChI=1S/C16H12N4O3S/c1-9-19-12(8-24-9)10-3-2-4-11(7-10)20-15(21)13-14(16(22)23)18-6-5-17-13/h2-8H,1H3,(H,20,21)(H,22,23). The Morgan fingerprint density at radius 3 is 2.58 bits per heavy atom. The highest BCUT2D eigenvalue weighted by atomic mass is 32.1. The van der Waals surface area contributed by atoms with Crippen molar-refractivity contribution < 1.29 is 14.7 Å². The number of anilines is 1. The van der Waals surface area contributed by atoms with Crippen LogP contribution in [0.2, 0.25) is 0 Å². The molecule has 0 aliphatic carbocycles. The van der Waals surface area contributed by atoms with Gasteiger partial charge in [0, 0.05) is 29.0 Å². The van der Waals surface area contributed by atoms with E-state index in [9.17, 15) is 9.59 Å². The first-order valence-electron chi connectivity index (χ1n) is 6.93. The van der Waals surface area contributed by atoms with E-state index >= 15 is 0 Å². The van der Waals surface area contributed by atoms with Crippen molar-refractivity contribution in [2.24, 2.45) is 0 Å². The van der Waals surface area contributed by atoms with E-state index in [0.29, 0.717) is 5.69 Å². The highest BCUT2D eigenvalue weighted by Crippen LogP contribution is 2.24. The molecular formula is C16H12N4O3S. The Labute approximate surface area is 141 Å². The number of carbonyl (C=O) groups excluding carboxylic acids is 1. The predicted octanol–water partition coefficient (Wildman–Crippen LogP) is 2.86.